The Balaban J connectivity index is 1.76. The van der Waals surface area contributed by atoms with Gasteiger partial charge >= 0.3 is 0 Å². The summed E-state index contributed by atoms with van der Waals surface area (Å²) in [4.78, 5) is 24.0. The minimum atomic E-state index is -0.319. The van der Waals surface area contributed by atoms with E-state index in [0.717, 1.165) is 12.8 Å². The fourth-order valence-corrected chi connectivity index (χ4v) is 2.28. The van der Waals surface area contributed by atoms with Gasteiger partial charge in [0.2, 0.25) is 0 Å². The average molecular weight is 298 g/mol. The second-order valence-electron chi connectivity index (χ2n) is 5.52. The van der Waals surface area contributed by atoms with Crippen LogP contribution in [0.15, 0.2) is 47.3 Å². The van der Waals surface area contributed by atoms with Gasteiger partial charge in [0.1, 0.15) is 5.69 Å². The minimum absolute atomic E-state index is 0.0102. The molecular weight excluding hydrogens is 280 g/mol. The van der Waals surface area contributed by atoms with E-state index in [1.54, 1.807) is 12.1 Å². The minimum Gasteiger partial charge on any atom is -0.349 e. The zero-order valence-electron chi connectivity index (χ0n) is 12.1. The summed E-state index contributed by atoms with van der Waals surface area (Å²) in [5, 5.41) is 6.91. The number of benzene rings is 1. The molecule has 1 aromatic heterocycles. The van der Waals surface area contributed by atoms with Gasteiger partial charge in [0.05, 0.1) is 5.69 Å². The Morgan fingerprint density at radius 1 is 1.27 bits per heavy atom. The third-order valence-corrected chi connectivity index (χ3v) is 3.76. The van der Waals surface area contributed by atoms with E-state index < -0.39 is 0 Å². The van der Waals surface area contributed by atoms with E-state index >= 15 is 0 Å². The average Bonchev–Trinajstić information content (AvgIpc) is 3.38. The van der Waals surface area contributed by atoms with Gasteiger partial charge in [0, 0.05) is 18.7 Å². The van der Waals surface area contributed by atoms with Crippen LogP contribution in [0.2, 0.25) is 0 Å². The number of hydrogen-bond donors (Lipinski definition) is 2. The van der Waals surface area contributed by atoms with Crippen LogP contribution in [0, 0.1) is 5.92 Å². The molecule has 1 amide bonds. The zero-order valence-corrected chi connectivity index (χ0v) is 12.1. The van der Waals surface area contributed by atoms with Crippen LogP contribution in [-0.2, 0) is 0 Å². The number of para-hydroxylation sites is 1. The topological polar surface area (TPSA) is 90.0 Å². The van der Waals surface area contributed by atoms with Crippen molar-refractivity contribution in [2.45, 2.75) is 18.9 Å². The first-order valence-electron chi connectivity index (χ1n) is 7.35. The van der Waals surface area contributed by atoms with E-state index in [4.69, 9.17) is 5.73 Å². The maximum absolute atomic E-state index is 12.1. The predicted octanol–water partition coefficient (Wildman–Crippen LogP) is 0.700. The summed E-state index contributed by atoms with van der Waals surface area (Å²) < 4.78 is 1.22. The first kappa shape index (κ1) is 14.5. The van der Waals surface area contributed by atoms with E-state index in [1.165, 1.54) is 16.8 Å². The molecular formula is C16H18N4O2. The summed E-state index contributed by atoms with van der Waals surface area (Å²) in [6.45, 7) is 0.426. The lowest BCUT2D eigenvalue weighted by Gasteiger charge is -2.12. The van der Waals surface area contributed by atoms with Crippen molar-refractivity contribution in [3.05, 3.63) is 58.5 Å². The van der Waals surface area contributed by atoms with Gasteiger partial charge in [0.15, 0.2) is 0 Å². The summed E-state index contributed by atoms with van der Waals surface area (Å²) in [7, 11) is 0. The summed E-state index contributed by atoms with van der Waals surface area (Å²) in [5.74, 6) is 0.201. The lowest BCUT2D eigenvalue weighted by atomic mass is 10.2. The van der Waals surface area contributed by atoms with Gasteiger partial charge in [-0.2, -0.15) is 9.78 Å². The molecule has 6 heteroatoms. The Bertz CT molecular complexity index is 722. The van der Waals surface area contributed by atoms with Crippen molar-refractivity contribution < 1.29 is 4.79 Å². The number of nitrogens with one attached hydrogen (secondary N) is 1. The van der Waals surface area contributed by atoms with E-state index in [0.29, 0.717) is 18.2 Å². The summed E-state index contributed by atoms with van der Waals surface area (Å²) in [6, 6.07) is 11.8. The van der Waals surface area contributed by atoms with Crippen molar-refractivity contribution >= 4 is 5.91 Å². The predicted molar refractivity (Wildman–Crippen MR) is 82.9 cm³/mol. The molecule has 1 atom stereocenters. The number of amides is 1. The first-order chi connectivity index (χ1) is 10.6. The number of carbonyl (C=O) groups excluding carboxylic acids is 1. The zero-order chi connectivity index (χ0) is 15.5. The van der Waals surface area contributed by atoms with Crippen LogP contribution in [0.25, 0.3) is 5.69 Å². The highest BCUT2D eigenvalue weighted by atomic mass is 16.2. The SMILES string of the molecule is NC(CNC(=O)c1ccc(=O)n(-c2ccccc2)n1)C1CC1. The monoisotopic (exact) mass is 298 g/mol. The number of aromatic nitrogens is 2. The molecule has 0 radical (unpaired) electrons. The Kier molecular flexibility index (Phi) is 4.02. The standard InChI is InChI=1S/C16H18N4O2/c17-13(11-6-7-11)10-18-16(22)14-8-9-15(21)20(19-14)12-4-2-1-3-5-12/h1-5,8-9,11,13H,6-7,10,17H2,(H,18,22). The number of hydrogen-bond acceptors (Lipinski definition) is 4. The molecule has 0 saturated heterocycles. The van der Waals surface area contributed by atoms with Crippen LogP contribution in [0.1, 0.15) is 23.3 Å². The lowest BCUT2D eigenvalue weighted by Crippen LogP contribution is -2.39. The maximum atomic E-state index is 12.1. The molecule has 1 unspecified atom stereocenters. The fourth-order valence-electron chi connectivity index (χ4n) is 2.28. The van der Waals surface area contributed by atoms with E-state index in [-0.39, 0.29) is 23.2 Å². The van der Waals surface area contributed by atoms with E-state index in [2.05, 4.69) is 10.4 Å². The number of nitrogens with two attached hydrogens (primary N) is 1. The Morgan fingerprint density at radius 3 is 2.68 bits per heavy atom. The molecule has 22 heavy (non-hydrogen) atoms. The molecule has 3 rings (SSSR count). The molecule has 1 aromatic carbocycles. The number of carbonyl (C=O) groups is 1. The van der Waals surface area contributed by atoms with Crippen molar-refractivity contribution in [3.8, 4) is 5.69 Å². The van der Waals surface area contributed by atoms with Gasteiger partial charge in [0.25, 0.3) is 11.5 Å². The molecule has 2 aromatic rings. The third-order valence-electron chi connectivity index (χ3n) is 3.76. The van der Waals surface area contributed by atoms with Crippen LogP contribution in [0.5, 0.6) is 0 Å². The summed E-state index contributed by atoms with van der Waals surface area (Å²) in [6.07, 6.45) is 2.27. The van der Waals surface area contributed by atoms with Crippen LogP contribution < -0.4 is 16.6 Å². The summed E-state index contributed by atoms with van der Waals surface area (Å²) in [5.41, 5.74) is 6.50. The smallest absolute Gasteiger partial charge is 0.271 e. The van der Waals surface area contributed by atoms with Crippen molar-refractivity contribution in [2.75, 3.05) is 6.54 Å². The molecule has 1 saturated carbocycles. The van der Waals surface area contributed by atoms with Gasteiger partial charge in [-0.25, -0.2) is 0 Å². The molecule has 1 heterocycles. The second-order valence-corrected chi connectivity index (χ2v) is 5.52. The molecule has 0 aliphatic heterocycles. The van der Waals surface area contributed by atoms with Gasteiger partial charge < -0.3 is 11.1 Å². The normalized spacial score (nSPS) is 15.3. The number of rotatable bonds is 5. The maximum Gasteiger partial charge on any atom is 0.271 e. The lowest BCUT2D eigenvalue weighted by molar-refractivity contribution is 0.0943. The van der Waals surface area contributed by atoms with Crippen LogP contribution >= 0.6 is 0 Å². The highest BCUT2D eigenvalue weighted by Gasteiger charge is 2.28. The highest BCUT2D eigenvalue weighted by molar-refractivity contribution is 5.92. The second kappa shape index (κ2) is 6.11. The summed E-state index contributed by atoms with van der Waals surface area (Å²) >= 11 is 0. The van der Waals surface area contributed by atoms with Crippen molar-refractivity contribution in [1.29, 1.82) is 0 Å². The highest BCUT2D eigenvalue weighted by Crippen LogP contribution is 2.31. The van der Waals surface area contributed by atoms with Crippen molar-refractivity contribution in [1.82, 2.24) is 15.1 Å². The van der Waals surface area contributed by atoms with E-state index in [9.17, 15) is 9.59 Å². The van der Waals surface area contributed by atoms with Crippen molar-refractivity contribution in [2.24, 2.45) is 11.7 Å². The molecule has 1 fully saturated rings. The number of nitrogens with zero attached hydrogens (tertiary/aromatic N) is 2. The molecule has 0 bridgehead atoms. The fraction of sp³-hybridized carbons (Fsp3) is 0.312. The third kappa shape index (κ3) is 3.23. The van der Waals surface area contributed by atoms with Crippen LogP contribution in [0.3, 0.4) is 0 Å². The van der Waals surface area contributed by atoms with Gasteiger partial charge in [-0.05, 0) is 37.0 Å². The van der Waals surface area contributed by atoms with Gasteiger partial charge in [-0.1, -0.05) is 18.2 Å². The van der Waals surface area contributed by atoms with E-state index in [1.807, 2.05) is 18.2 Å². The molecule has 1 aliphatic carbocycles. The molecule has 114 valence electrons. The van der Waals surface area contributed by atoms with Crippen LogP contribution in [-0.4, -0.2) is 28.3 Å². The first-order valence-corrected chi connectivity index (χ1v) is 7.35. The molecule has 1 aliphatic rings. The van der Waals surface area contributed by atoms with Crippen LogP contribution in [0.4, 0.5) is 0 Å². The largest absolute Gasteiger partial charge is 0.349 e. The van der Waals surface area contributed by atoms with Gasteiger partial charge in [-0.3, -0.25) is 9.59 Å². The molecule has 3 N–H and O–H groups in total. The Hall–Kier alpha value is -2.47. The Morgan fingerprint density at radius 2 is 2.00 bits per heavy atom. The van der Waals surface area contributed by atoms with Gasteiger partial charge in [-0.15, -0.1) is 0 Å². The van der Waals surface area contributed by atoms with Crippen molar-refractivity contribution in [3.63, 3.8) is 0 Å². The Labute approximate surface area is 128 Å². The quantitative estimate of drug-likeness (QED) is 0.850. The molecule has 0 spiro atoms. The molecule has 6 nitrogen and oxygen atoms in total.